The van der Waals surface area contributed by atoms with Crippen molar-refractivity contribution >= 4 is 5.69 Å². The summed E-state index contributed by atoms with van der Waals surface area (Å²) >= 11 is 0. The highest BCUT2D eigenvalue weighted by atomic mass is 16.6. The highest BCUT2D eigenvalue weighted by Crippen LogP contribution is 2.44. The van der Waals surface area contributed by atoms with Crippen molar-refractivity contribution in [1.82, 2.24) is 4.90 Å². The third-order valence-corrected chi connectivity index (χ3v) is 3.89. The number of hydrogen-bond acceptors (Lipinski definition) is 4. The molecule has 0 unspecified atom stereocenters. The molecule has 0 bridgehead atoms. The van der Waals surface area contributed by atoms with Gasteiger partial charge in [0.1, 0.15) is 0 Å². The van der Waals surface area contributed by atoms with Gasteiger partial charge in [-0.25, -0.2) is 0 Å². The van der Waals surface area contributed by atoms with E-state index in [0.29, 0.717) is 5.92 Å². The average Bonchev–Trinajstić information content (AvgIpc) is 3.11. The van der Waals surface area contributed by atoms with Crippen LogP contribution in [-0.4, -0.2) is 33.6 Å². The zero-order chi connectivity index (χ0) is 12.8. The Morgan fingerprint density at radius 1 is 1.33 bits per heavy atom. The number of likely N-dealkylation sites (tertiary alicyclic amines) is 1. The Hall–Kier alpha value is -1.46. The van der Waals surface area contributed by atoms with Gasteiger partial charge in [-0.1, -0.05) is 12.1 Å². The van der Waals surface area contributed by atoms with Gasteiger partial charge in [0.15, 0.2) is 0 Å². The van der Waals surface area contributed by atoms with Gasteiger partial charge in [0.05, 0.1) is 10.5 Å². The molecule has 5 nitrogen and oxygen atoms in total. The Balaban J connectivity index is 1.56. The molecule has 1 saturated heterocycles. The fourth-order valence-corrected chi connectivity index (χ4v) is 2.70. The van der Waals surface area contributed by atoms with Crippen molar-refractivity contribution in [2.45, 2.75) is 25.0 Å². The quantitative estimate of drug-likeness (QED) is 0.648. The summed E-state index contributed by atoms with van der Waals surface area (Å²) in [5.41, 5.74) is 0.719. The van der Waals surface area contributed by atoms with E-state index in [0.717, 1.165) is 38.0 Å². The van der Waals surface area contributed by atoms with Crippen molar-refractivity contribution in [3.8, 4) is 0 Å². The van der Waals surface area contributed by atoms with Gasteiger partial charge in [-0.3, -0.25) is 15.0 Å². The first-order chi connectivity index (χ1) is 8.57. The highest BCUT2D eigenvalue weighted by Gasteiger charge is 2.51. The predicted molar refractivity (Wildman–Crippen MR) is 66.0 cm³/mol. The molecule has 0 amide bonds. The van der Waals surface area contributed by atoms with E-state index in [-0.39, 0.29) is 10.6 Å². The SMILES string of the molecule is O=[N+]([O-])c1ccc(CN2CC(O)(C3CC3)C2)cc1. The maximum Gasteiger partial charge on any atom is 0.269 e. The fraction of sp³-hybridized carbons (Fsp3) is 0.538. The van der Waals surface area contributed by atoms with E-state index in [1.165, 1.54) is 12.1 Å². The summed E-state index contributed by atoms with van der Waals surface area (Å²) in [4.78, 5) is 12.3. The maximum atomic E-state index is 10.5. The number of non-ortho nitro benzene ring substituents is 1. The van der Waals surface area contributed by atoms with Crippen LogP contribution in [0.15, 0.2) is 24.3 Å². The molecule has 1 aromatic rings. The first-order valence-electron chi connectivity index (χ1n) is 6.25. The smallest absolute Gasteiger partial charge is 0.269 e. The first-order valence-corrected chi connectivity index (χ1v) is 6.25. The van der Waals surface area contributed by atoms with Crippen LogP contribution in [0.3, 0.4) is 0 Å². The minimum absolute atomic E-state index is 0.122. The molecular weight excluding hydrogens is 232 g/mol. The molecule has 96 valence electrons. The van der Waals surface area contributed by atoms with E-state index in [2.05, 4.69) is 4.90 Å². The lowest BCUT2D eigenvalue weighted by atomic mass is 9.88. The largest absolute Gasteiger partial charge is 0.387 e. The fourth-order valence-electron chi connectivity index (χ4n) is 2.70. The van der Waals surface area contributed by atoms with E-state index in [4.69, 9.17) is 0 Å². The van der Waals surface area contributed by atoms with Crippen molar-refractivity contribution in [3.63, 3.8) is 0 Å². The molecule has 1 aromatic carbocycles. The zero-order valence-corrected chi connectivity index (χ0v) is 10.1. The van der Waals surface area contributed by atoms with Gasteiger partial charge in [-0.15, -0.1) is 0 Å². The highest BCUT2D eigenvalue weighted by molar-refractivity contribution is 5.33. The second-order valence-corrected chi connectivity index (χ2v) is 5.45. The van der Waals surface area contributed by atoms with Gasteiger partial charge in [0.2, 0.25) is 0 Å². The molecule has 0 spiro atoms. The van der Waals surface area contributed by atoms with Crippen LogP contribution in [0, 0.1) is 16.0 Å². The molecule has 5 heteroatoms. The molecule has 3 rings (SSSR count). The van der Waals surface area contributed by atoms with Gasteiger partial charge in [-0.05, 0) is 24.3 Å². The molecule has 0 aromatic heterocycles. The number of nitrogens with zero attached hydrogens (tertiary/aromatic N) is 2. The van der Waals surface area contributed by atoms with E-state index < -0.39 is 5.60 Å². The molecule has 1 aliphatic carbocycles. The topological polar surface area (TPSA) is 66.6 Å². The van der Waals surface area contributed by atoms with Crippen molar-refractivity contribution in [2.75, 3.05) is 13.1 Å². The van der Waals surface area contributed by atoms with Crippen LogP contribution < -0.4 is 0 Å². The number of nitro benzene ring substituents is 1. The van der Waals surface area contributed by atoms with Gasteiger partial charge >= 0.3 is 0 Å². The number of hydrogen-bond donors (Lipinski definition) is 1. The standard InChI is InChI=1S/C13H16N2O3/c16-13(11-3-4-11)8-14(9-13)7-10-1-5-12(6-2-10)15(17)18/h1-2,5-6,11,16H,3-4,7-9H2. The van der Waals surface area contributed by atoms with E-state index in [9.17, 15) is 15.2 Å². The Morgan fingerprint density at radius 3 is 2.44 bits per heavy atom. The maximum absolute atomic E-state index is 10.5. The molecule has 2 fully saturated rings. The number of nitro groups is 1. The van der Waals surface area contributed by atoms with Crippen molar-refractivity contribution in [2.24, 2.45) is 5.92 Å². The molecule has 1 saturated carbocycles. The molecule has 18 heavy (non-hydrogen) atoms. The molecule has 1 heterocycles. The summed E-state index contributed by atoms with van der Waals surface area (Å²) in [6.45, 7) is 2.22. The Morgan fingerprint density at radius 2 is 1.94 bits per heavy atom. The minimum Gasteiger partial charge on any atom is -0.387 e. The van der Waals surface area contributed by atoms with Crippen LogP contribution >= 0.6 is 0 Å². The molecular formula is C13H16N2O3. The molecule has 0 atom stereocenters. The second-order valence-electron chi connectivity index (χ2n) is 5.45. The van der Waals surface area contributed by atoms with Gasteiger partial charge in [0, 0.05) is 31.8 Å². The van der Waals surface area contributed by atoms with Crippen LogP contribution in [0.25, 0.3) is 0 Å². The van der Waals surface area contributed by atoms with E-state index in [1.807, 2.05) is 0 Å². The minimum atomic E-state index is -0.458. The van der Waals surface area contributed by atoms with Crippen molar-refractivity contribution in [3.05, 3.63) is 39.9 Å². The summed E-state index contributed by atoms with van der Waals surface area (Å²) in [6.07, 6.45) is 2.31. The Kier molecular flexibility index (Phi) is 2.60. The number of aliphatic hydroxyl groups is 1. The van der Waals surface area contributed by atoms with Crippen LogP contribution in [0.4, 0.5) is 5.69 Å². The van der Waals surface area contributed by atoms with Crippen LogP contribution in [-0.2, 0) is 6.54 Å². The molecule has 0 radical (unpaired) electrons. The third-order valence-electron chi connectivity index (χ3n) is 3.89. The van der Waals surface area contributed by atoms with E-state index in [1.54, 1.807) is 12.1 Å². The van der Waals surface area contributed by atoms with Gasteiger partial charge in [-0.2, -0.15) is 0 Å². The summed E-state index contributed by atoms with van der Waals surface area (Å²) in [6, 6.07) is 6.63. The summed E-state index contributed by atoms with van der Waals surface area (Å²) < 4.78 is 0. The lowest BCUT2D eigenvalue weighted by Crippen LogP contribution is -2.62. The molecule has 1 N–H and O–H groups in total. The zero-order valence-electron chi connectivity index (χ0n) is 10.1. The summed E-state index contributed by atoms with van der Waals surface area (Å²) in [5, 5.41) is 20.7. The van der Waals surface area contributed by atoms with Gasteiger partial charge in [0.25, 0.3) is 5.69 Å². The first kappa shape index (κ1) is 11.6. The van der Waals surface area contributed by atoms with Crippen molar-refractivity contribution in [1.29, 1.82) is 0 Å². The van der Waals surface area contributed by atoms with E-state index >= 15 is 0 Å². The summed E-state index contributed by atoms with van der Waals surface area (Å²) in [7, 11) is 0. The van der Waals surface area contributed by atoms with Gasteiger partial charge < -0.3 is 5.11 Å². The monoisotopic (exact) mass is 248 g/mol. The number of benzene rings is 1. The number of β-amino-alcohol motifs (C(OH)–C–C–N with tert-alkyl or cyclic N) is 1. The Bertz CT molecular complexity index is 462. The lowest BCUT2D eigenvalue weighted by Gasteiger charge is -2.47. The summed E-state index contributed by atoms with van der Waals surface area (Å²) in [5.74, 6) is 0.505. The number of rotatable bonds is 4. The molecule has 1 aliphatic heterocycles. The van der Waals surface area contributed by atoms with Crippen LogP contribution in [0.2, 0.25) is 0 Å². The normalized spacial score (nSPS) is 22.5. The second kappa shape index (κ2) is 4.03. The Labute approximate surface area is 105 Å². The predicted octanol–water partition coefficient (Wildman–Crippen LogP) is 1.55. The third kappa shape index (κ3) is 2.11. The van der Waals surface area contributed by atoms with Crippen LogP contribution in [0.5, 0.6) is 0 Å². The molecule has 2 aliphatic rings. The van der Waals surface area contributed by atoms with Crippen molar-refractivity contribution < 1.29 is 10.0 Å². The van der Waals surface area contributed by atoms with Crippen LogP contribution in [0.1, 0.15) is 18.4 Å². The average molecular weight is 248 g/mol. The lowest BCUT2D eigenvalue weighted by molar-refractivity contribution is -0.384.